The zero-order valence-corrected chi connectivity index (χ0v) is 15.5. The van der Waals surface area contributed by atoms with Crippen molar-refractivity contribution in [3.05, 3.63) is 63.4 Å². The van der Waals surface area contributed by atoms with Crippen molar-refractivity contribution in [2.45, 2.75) is 6.92 Å². The van der Waals surface area contributed by atoms with Gasteiger partial charge in [-0.2, -0.15) is 5.26 Å². The maximum atomic E-state index is 9.79. The lowest BCUT2D eigenvalue weighted by molar-refractivity contribution is 0.318. The summed E-state index contributed by atoms with van der Waals surface area (Å²) in [5.74, 6) is 0.460. The summed E-state index contributed by atoms with van der Waals surface area (Å²) in [4.78, 5) is 4.56. The normalized spacial score (nSPS) is 11.2. The number of aromatic hydroxyl groups is 1. The molecule has 0 aliphatic heterocycles. The zero-order valence-electron chi connectivity index (χ0n) is 13.9. The van der Waals surface area contributed by atoms with Gasteiger partial charge >= 0.3 is 0 Å². The van der Waals surface area contributed by atoms with E-state index in [9.17, 15) is 10.4 Å². The van der Waals surface area contributed by atoms with Crippen LogP contribution in [-0.4, -0.2) is 16.7 Å². The molecule has 0 unspecified atom stereocenters. The summed E-state index contributed by atoms with van der Waals surface area (Å²) in [6, 6.07) is 14.6. The van der Waals surface area contributed by atoms with E-state index in [0.717, 1.165) is 16.8 Å². The van der Waals surface area contributed by atoms with Gasteiger partial charge < -0.3 is 9.84 Å². The number of aromatic nitrogens is 1. The minimum Gasteiger partial charge on any atom is -0.504 e. The van der Waals surface area contributed by atoms with Gasteiger partial charge in [0.1, 0.15) is 11.1 Å². The SMILES string of the molecule is CCOc1cc(/C=C(\C#N)c2nc(-c3ccc(Cl)cc3)cs2)ccc1O. The van der Waals surface area contributed by atoms with E-state index in [1.165, 1.54) is 11.3 Å². The molecule has 1 N–H and O–H groups in total. The van der Waals surface area contributed by atoms with Crippen molar-refractivity contribution >= 4 is 34.6 Å². The molecule has 0 atom stereocenters. The molecule has 0 saturated carbocycles. The molecule has 130 valence electrons. The van der Waals surface area contributed by atoms with E-state index in [0.29, 0.717) is 28.0 Å². The average Bonchev–Trinajstić information content (AvgIpc) is 3.13. The van der Waals surface area contributed by atoms with E-state index < -0.39 is 0 Å². The van der Waals surface area contributed by atoms with Crippen molar-refractivity contribution in [1.29, 1.82) is 5.26 Å². The van der Waals surface area contributed by atoms with Gasteiger partial charge in [0, 0.05) is 16.0 Å². The fourth-order valence-corrected chi connectivity index (χ4v) is 3.27. The number of phenols is 1. The number of rotatable bonds is 5. The first-order valence-electron chi connectivity index (χ1n) is 7.90. The number of allylic oxidation sites excluding steroid dienone is 1. The number of ether oxygens (including phenoxy) is 1. The number of nitriles is 1. The summed E-state index contributed by atoms with van der Waals surface area (Å²) in [5, 5.41) is 22.5. The molecule has 4 nitrogen and oxygen atoms in total. The first kappa shape index (κ1) is 18.0. The maximum absolute atomic E-state index is 9.79. The average molecular weight is 383 g/mol. The van der Waals surface area contributed by atoms with Crippen molar-refractivity contribution in [3.63, 3.8) is 0 Å². The summed E-state index contributed by atoms with van der Waals surface area (Å²) < 4.78 is 5.38. The molecule has 1 aromatic heterocycles. The van der Waals surface area contributed by atoms with Crippen molar-refractivity contribution in [3.8, 4) is 28.8 Å². The van der Waals surface area contributed by atoms with E-state index in [4.69, 9.17) is 16.3 Å². The lowest BCUT2D eigenvalue weighted by Crippen LogP contribution is -1.92. The monoisotopic (exact) mass is 382 g/mol. The molecule has 0 aliphatic carbocycles. The fourth-order valence-electron chi connectivity index (χ4n) is 2.35. The summed E-state index contributed by atoms with van der Waals surface area (Å²) in [6.07, 6.45) is 1.73. The van der Waals surface area contributed by atoms with Crippen LogP contribution in [0.15, 0.2) is 47.8 Å². The zero-order chi connectivity index (χ0) is 18.5. The molecule has 0 fully saturated rings. The molecule has 0 bridgehead atoms. The molecule has 0 amide bonds. The quantitative estimate of drug-likeness (QED) is 0.580. The Labute approximate surface area is 160 Å². The number of nitrogens with zero attached hydrogens (tertiary/aromatic N) is 2. The van der Waals surface area contributed by atoms with Gasteiger partial charge in [0.15, 0.2) is 11.5 Å². The van der Waals surface area contributed by atoms with Crippen LogP contribution in [-0.2, 0) is 0 Å². The molecule has 3 rings (SSSR count). The molecule has 2 aromatic carbocycles. The number of thiazole rings is 1. The molecule has 0 saturated heterocycles. The number of hydrogen-bond acceptors (Lipinski definition) is 5. The van der Waals surface area contributed by atoms with Crippen molar-refractivity contribution in [2.75, 3.05) is 6.61 Å². The van der Waals surface area contributed by atoms with Gasteiger partial charge in [-0.1, -0.05) is 29.8 Å². The Bertz CT molecular complexity index is 988. The van der Waals surface area contributed by atoms with E-state index in [1.807, 2.05) is 36.6 Å². The number of hydrogen-bond donors (Lipinski definition) is 1. The van der Waals surface area contributed by atoms with Gasteiger partial charge in [0.25, 0.3) is 0 Å². The summed E-state index contributed by atoms with van der Waals surface area (Å²) in [7, 11) is 0. The third kappa shape index (κ3) is 4.05. The second-order valence-electron chi connectivity index (χ2n) is 5.37. The highest BCUT2D eigenvalue weighted by molar-refractivity contribution is 7.11. The van der Waals surface area contributed by atoms with Gasteiger partial charge in [0.05, 0.1) is 17.9 Å². The van der Waals surface area contributed by atoms with Gasteiger partial charge in [-0.25, -0.2) is 4.98 Å². The van der Waals surface area contributed by atoms with Gasteiger partial charge in [0.2, 0.25) is 0 Å². The Balaban J connectivity index is 1.92. The van der Waals surface area contributed by atoms with Crippen LogP contribution < -0.4 is 4.74 Å². The highest BCUT2D eigenvalue weighted by Crippen LogP contribution is 2.31. The van der Waals surface area contributed by atoms with Gasteiger partial charge in [-0.05, 0) is 42.8 Å². The Morgan fingerprint density at radius 2 is 2.08 bits per heavy atom. The number of benzene rings is 2. The summed E-state index contributed by atoms with van der Waals surface area (Å²) >= 11 is 7.32. The van der Waals surface area contributed by atoms with Crippen molar-refractivity contribution in [2.24, 2.45) is 0 Å². The van der Waals surface area contributed by atoms with E-state index in [1.54, 1.807) is 24.3 Å². The van der Waals surface area contributed by atoms with Crippen molar-refractivity contribution < 1.29 is 9.84 Å². The minimum atomic E-state index is 0.0711. The molecule has 26 heavy (non-hydrogen) atoms. The maximum Gasteiger partial charge on any atom is 0.161 e. The van der Waals surface area contributed by atoms with E-state index in [-0.39, 0.29) is 5.75 Å². The van der Waals surface area contributed by atoms with E-state index >= 15 is 0 Å². The standard InChI is InChI=1S/C20H15ClN2O2S/c1-2-25-19-10-13(3-8-18(19)24)9-15(11-22)20-23-17(12-26-20)14-4-6-16(21)7-5-14/h3-10,12,24H,2H2,1H3/b15-9+. The van der Waals surface area contributed by atoms with Crippen LogP contribution in [0.4, 0.5) is 0 Å². The molecule has 0 spiro atoms. The van der Waals surface area contributed by atoms with Crippen LogP contribution in [0.2, 0.25) is 5.02 Å². The Morgan fingerprint density at radius 3 is 2.77 bits per heavy atom. The van der Waals surface area contributed by atoms with Crippen LogP contribution >= 0.6 is 22.9 Å². The first-order valence-corrected chi connectivity index (χ1v) is 9.16. The minimum absolute atomic E-state index is 0.0711. The second-order valence-corrected chi connectivity index (χ2v) is 6.67. The second kappa shape index (κ2) is 8.05. The van der Waals surface area contributed by atoms with Crippen LogP contribution in [0.5, 0.6) is 11.5 Å². The Kier molecular flexibility index (Phi) is 5.57. The molecule has 3 aromatic rings. The predicted molar refractivity (Wildman–Crippen MR) is 105 cm³/mol. The molecule has 6 heteroatoms. The van der Waals surface area contributed by atoms with Crippen LogP contribution in [0.1, 0.15) is 17.5 Å². The first-order chi connectivity index (χ1) is 12.6. The van der Waals surface area contributed by atoms with Gasteiger partial charge in [-0.3, -0.25) is 0 Å². The topological polar surface area (TPSA) is 66.1 Å². The lowest BCUT2D eigenvalue weighted by atomic mass is 10.1. The summed E-state index contributed by atoms with van der Waals surface area (Å²) in [5.41, 5.74) is 2.94. The molecule has 0 radical (unpaired) electrons. The van der Waals surface area contributed by atoms with Crippen LogP contribution in [0.3, 0.4) is 0 Å². The van der Waals surface area contributed by atoms with Crippen LogP contribution in [0, 0.1) is 11.3 Å². The lowest BCUT2D eigenvalue weighted by Gasteiger charge is -2.06. The molecule has 0 aliphatic rings. The number of phenolic OH excluding ortho intramolecular Hbond substituents is 1. The Morgan fingerprint density at radius 1 is 1.31 bits per heavy atom. The molecular formula is C20H15ClN2O2S. The smallest absolute Gasteiger partial charge is 0.161 e. The van der Waals surface area contributed by atoms with E-state index in [2.05, 4.69) is 11.1 Å². The predicted octanol–water partition coefficient (Wildman–Crippen LogP) is 5.63. The van der Waals surface area contributed by atoms with Crippen molar-refractivity contribution in [1.82, 2.24) is 4.98 Å². The highest BCUT2D eigenvalue weighted by atomic mass is 35.5. The fraction of sp³-hybridized carbons (Fsp3) is 0.100. The molecule has 1 heterocycles. The summed E-state index contributed by atoms with van der Waals surface area (Å²) in [6.45, 7) is 2.29. The third-order valence-corrected chi connectivity index (χ3v) is 4.72. The number of halogens is 1. The third-order valence-electron chi connectivity index (χ3n) is 3.59. The van der Waals surface area contributed by atoms with Crippen LogP contribution in [0.25, 0.3) is 22.9 Å². The van der Waals surface area contributed by atoms with Gasteiger partial charge in [-0.15, -0.1) is 11.3 Å². The highest BCUT2D eigenvalue weighted by Gasteiger charge is 2.10. The molecular weight excluding hydrogens is 368 g/mol. The Hall–Kier alpha value is -2.81. The largest absolute Gasteiger partial charge is 0.504 e.